The first-order chi connectivity index (χ1) is 14.3. The van der Waals surface area contributed by atoms with Crippen molar-refractivity contribution in [2.75, 3.05) is 36.0 Å². The van der Waals surface area contributed by atoms with Crippen LogP contribution in [0.3, 0.4) is 0 Å². The van der Waals surface area contributed by atoms with E-state index in [2.05, 4.69) is 51.2 Å². The Morgan fingerprint density at radius 2 is 1.45 bits per heavy atom. The van der Waals surface area contributed by atoms with Gasteiger partial charge < -0.3 is 9.80 Å². The lowest BCUT2D eigenvalue weighted by Crippen LogP contribution is -2.47. The number of nitrogens with zero attached hydrogens (tertiary/aromatic N) is 4. The largest absolute Gasteiger partial charge is 0.368 e. The van der Waals surface area contributed by atoms with Crippen LogP contribution >= 0.6 is 0 Å². The first kappa shape index (κ1) is 17.9. The van der Waals surface area contributed by atoms with E-state index in [1.165, 1.54) is 11.3 Å². The van der Waals surface area contributed by atoms with Gasteiger partial charge in [-0.05, 0) is 30.0 Å². The minimum Gasteiger partial charge on any atom is -0.368 e. The van der Waals surface area contributed by atoms with Crippen molar-refractivity contribution in [3.8, 4) is 0 Å². The van der Waals surface area contributed by atoms with Crippen LogP contribution < -0.4 is 9.80 Å². The van der Waals surface area contributed by atoms with Crippen molar-refractivity contribution >= 4 is 17.4 Å². The third kappa shape index (κ3) is 3.60. The average molecular weight is 384 g/mol. The molecule has 2 aliphatic rings. The molecule has 0 amide bonds. The Morgan fingerprint density at radius 3 is 2.17 bits per heavy atom. The van der Waals surface area contributed by atoms with Crippen molar-refractivity contribution in [3.05, 3.63) is 83.7 Å². The summed E-state index contributed by atoms with van der Waals surface area (Å²) < 4.78 is 0. The van der Waals surface area contributed by atoms with Crippen LogP contribution in [0.2, 0.25) is 0 Å². The molecule has 1 saturated heterocycles. The first-order valence-corrected chi connectivity index (χ1v) is 10.3. The number of aromatic nitrogens is 2. The highest BCUT2D eigenvalue weighted by molar-refractivity contribution is 5.98. The Hall–Kier alpha value is -3.21. The molecule has 5 nitrogen and oxygen atoms in total. The smallest absolute Gasteiger partial charge is 0.225 e. The molecule has 5 rings (SSSR count). The lowest BCUT2D eigenvalue weighted by molar-refractivity contribution is 0.0962. The Morgan fingerprint density at radius 1 is 0.793 bits per heavy atom. The Bertz CT molecular complexity index is 998. The molecule has 1 aromatic heterocycles. The SMILES string of the molecule is O=C1C[C@H](c2ccccc2)Cc2nc(N3CCN(c4ccccc4)CC3)ncc21. The zero-order valence-corrected chi connectivity index (χ0v) is 16.4. The summed E-state index contributed by atoms with van der Waals surface area (Å²) >= 11 is 0. The van der Waals surface area contributed by atoms with E-state index < -0.39 is 0 Å². The molecule has 0 bridgehead atoms. The molecule has 29 heavy (non-hydrogen) atoms. The Balaban J connectivity index is 1.33. The molecule has 0 radical (unpaired) electrons. The van der Waals surface area contributed by atoms with Crippen LogP contribution in [0.1, 0.15) is 34.0 Å². The summed E-state index contributed by atoms with van der Waals surface area (Å²) in [6, 6.07) is 20.8. The van der Waals surface area contributed by atoms with E-state index in [0.29, 0.717) is 12.0 Å². The van der Waals surface area contributed by atoms with Gasteiger partial charge in [0, 0.05) is 44.5 Å². The summed E-state index contributed by atoms with van der Waals surface area (Å²) in [6.45, 7) is 3.64. The molecule has 2 aromatic carbocycles. The fraction of sp³-hybridized carbons (Fsp3) is 0.292. The number of para-hydroxylation sites is 1. The van der Waals surface area contributed by atoms with Crippen molar-refractivity contribution in [3.63, 3.8) is 0 Å². The van der Waals surface area contributed by atoms with Crippen LogP contribution in [-0.4, -0.2) is 41.9 Å². The lowest BCUT2D eigenvalue weighted by atomic mass is 9.82. The fourth-order valence-electron chi connectivity index (χ4n) is 4.35. The number of carbonyl (C=O) groups excluding carboxylic acids is 1. The molecule has 0 N–H and O–H groups in total. The molecule has 146 valence electrons. The normalized spacial score (nSPS) is 19.2. The first-order valence-electron chi connectivity index (χ1n) is 10.3. The second-order valence-corrected chi connectivity index (χ2v) is 7.78. The standard InChI is InChI=1S/C24H24N4O/c29-23-16-19(18-7-3-1-4-8-18)15-22-21(23)17-25-24(26-22)28-13-11-27(12-14-28)20-9-5-2-6-10-20/h1-10,17,19H,11-16H2/t19-/m1/s1. The highest BCUT2D eigenvalue weighted by atomic mass is 16.1. The topological polar surface area (TPSA) is 49.3 Å². The molecule has 0 spiro atoms. The van der Waals surface area contributed by atoms with Gasteiger partial charge in [-0.1, -0.05) is 48.5 Å². The van der Waals surface area contributed by atoms with E-state index >= 15 is 0 Å². The van der Waals surface area contributed by atoms with Gasteiger partial charge in [0.1, 0.15) is 0 Å². The maximum absolute atomic E-state index is 12.7. The zero-order valence-electron chi connectivity index (χ0n) is 16.4. The van der Waals surface area contributed by atoms with E-state index in [-0.39, 0.29) is 11.7 Å². The minimum atomic E-state index is 0.153. The van der Waals surface area contributed by atoms with Crippen LogP contribution in [0, 0.1) is 0 Å². The monoisotopic (exact) mass is 384 g/mol. The molecule has 0 unspecified atom stereocenters. The predicted octanol–water partition coefficient (Wildman–Crippen LogP) is 3.72. The van der Waals surface area contributed by atoms with Crippen LogP contribution in [0.4, 0.5) is 11.6 Å². The summed E-state index contributed by atoms with van der Waals surface area (Å²) in [6.07, 6.45) is 3.07. The predicted molar refractivity (Wildman–Crippen MR) is 115 cm³/mol. The van der Waals surface area contributed by atoms with E-state index in [4.69, 9.17) is 4.98 Å². The Labute approximate surface area is 171 Å². The van der Waals surface area contributed by atoms with Crippen molar-refractivity contribution in [1.29, 1.82) is 0 Å². The van der Waals surface area contributed by atoms with Gasteiger partial charge in [-0.2, -0.15) is 0 Å². The molecule has 2 heterocycles. The quantitative estimate of drug-likeness (QED) is 0.689. The number of ketones is 1. The van der Waals surface area contributed by atoms with Gasteiger partial charge in [0.2, 0.25) is 5.95 Å². The Kier molecular flexibility index (Phi) is 4.72. The third-order valence-electron chi connectivity index (χ3n) is 5.98. The molecule has 1 aliphatic heterocycles. The third-order valence-corrected chi connectivity index (χ3v) is 5.98. The molecule has 0 saturated carbocycles. The number of anilines is 2. The summed E-state index contributed by atoms with van der Waals surface area (Å²) in [5.41, 5.74) is 4.06. The van der Waals surface area contributed by atoms with Crippen molar-refractivity contribution in [2.24, 2.45) is 0 Å². The van der Waals surface area contributed by atoms with Gasteiger partial charge in [-0.25, -0.2) is 9.97 Å². The van der Waals surface area contributed by atoms with E-state index in [1.54, 1.807) is 6.20 Å². The lowest BCUT2D eigenvalue weighted by Gasteiger charge is -2.36. The van der Waals surface area contributed by atoms with Gasteiger partial charge in [-0.15, -0.1) is 0 Å². The molecule has 3 aromatic rings. The molecule has 1 atom stereocenters. The van der Waals surface area contributed by atoms with Gasteiger partial charge >= 0.3 is 0 Å². The van der Waals surface area contributed by atoms with Crippen LogP contribution in [0.5, 0.6) is 0 Å². The number of benzene rings is 2. The summed E-state index contributed by atoms with van der Waals surface area (Å²) in [5, 5.41) is 0. The number of carbonyl (C=O) groups is 1. The van der Waals surface area contributed by atoms with Crippen LogP contribution in [0.25, 0.3) is 0 Å². The average Bonchev–Trinajstić information content (AvgIpc) is 2.80. The summed E-state index contributed by atoms with van der Waals surface area (Å²) in [5.74, 6) is 1.10. The van der Waals surface area contributed by atoms with Gasteiger partial charge in [-0.3, -0.25) is 4.79 Å². The molecular formula is C24H24N4O. The number of piperazine rings is 1. The second-order valence-electron chi connectivity index (χ2n) is 7.78. The fourth-order valence-corrected chi connectivity index (χ4v) is 4.35. The maximum atomic E-state index is 12.7. The van der Waals surface area contributed by atoms with E-state index in [9.17, 15) is 4.79 Å². The highest BCUT2D eigenvalue weighted by Gasteiger charge is 2.29. The minimum absolute atomic E-state index is 0.153. The van der Waals surface area contributed by atoms with Gasteiger partial charge in [0.05, 0.1) is 11.3 Å². The number of hydrogen-bond donors (Lipinski definition) is 0. The summed E-state index contributed by atoms with van der Waals surface area (Å²) in [4.78, 5) is 26.7. The second kappa shape index (κ2) is 7.66. The van der Waals surface area contributed by atoms with Gasteiger partial charge in [0.25, 0.3) is 0 Å². The van der Waals surface area contributed by atoms with Crippen molar-refractivity contribution < 1.29 is 4.79 Å². The number of hydrogen-bond acceptors (Lipinski definition) is 5. The van der Waals surface area contributed by atoms with Gasteiger partial charge in [0.15, 0.2) is 5.78 Å². The number of fused-ring (bicyclic) bond motifs is 1. The molecule has 1 aliphatic carbocycles. The summed E-state index contributed by atoms with van der Waals surface area (Å²) in [7, 11) is 0. The van der Waals surface area contributed by atoms with Crippen LogP contribution in [0.15, 0.2) is 66.9 Å². The van der Waals surface area contributed by atoms with E-state index in [0.717, 1.165) is 44.2 Å². The van der Waals surface area contributed by atoms with Crippen molar-refractivity contribution in [2.45, 2.75) is 18.8 Å². The molecule has 1 fully saturated rings. The highest BCUT2D eigenvalue weighted by Crippen LogP contribution is 2.32. The van der Waals surface area contributed by atoms with E-state index in [1.807, 2.05) is 24.3 Å². The van der Waals surface area contributed by atoms with Crippen molar-refractivity contribution in [1.82, 2.24) is 9.97 Å². The number of rotatable bonds is 3. The maximum Gasteiger partial charge on any atom is 0.225 e. The molecule has 5 heteroatoms. The molecular weight excluding hydrogens is 360 g/mol. The number of Topliss-reactive ketones (excluding diaryl/α,β-unsaturated/α-hetero) is 1. The van der Waals surface area contributed by atoms with Crippen LogP contribution in [-0.2, 0) is 6.42 Å². The zero-order chi connectivity index (χ0) is 19.6.